The van der Waals surface area contributed by atoms with Gasteiger partial charge in [-0.2, -0.15) is 27.1 Å². The smallest absolute Gasteiger partial charge is 0.459 e. The van der Waals surface area contributed by atoms with Gasteiger partial charge >= 0.3 is 18.1 Å². The summed E-state index contributed by atoms with van der Waals surface area (Å²) in [7, 11) is 0. The number of carbonyl (C=O) groups is 1. The van der Waals surface area contributed by atoms with Gasteiger partial charge in [0.1, 0.15) is 11.3 Å². The topological polar surface area (TPSA) is 55.1 Å². The van der Waals surface area contributed by atoms with E-state index in [2.05, 4.69) is 5.10 Å². The van der Waals surface area contributed by atoms with E-state index in [1.807, 2.05) is 0 Å². The highest BCUT2D eigenvalue weighted by Gasteiger charge is 2.62. The number of rotatable bonds is 3. The van der Waals surface area contributed by atoms with Crippen LogP contribution < -0.4 is 0 Å². The molecule has 9 heteroatoms. The molecule has 0 bridgehead atoms. The molecule has 0 amide bonds. The Morgan fingerprint density at radius 3 is 2.29 bits per heavy atom. The van der Waals surface area contributed by atoms with E-state index in [0.29, 0.717) is 10.9 Å². The Labute approximate surface area is 91.6 Å². The third kappa shape index (κ3) is 2.08. The largest absolute Gasteiger partial charge is 0.478 e. The van der Waals surface area contributed by atoms with Crippen LogP contribution in [0.15, 0.2) is 6.20 Å². The van der Waals surface area contributed by atoms with Crippen molar-refractivity contribution < 1.29 is 31.9 Å². The van der Waals surface area contributed by atoms with E-state index < -0.39 is 29.3 Å². The molecule has 17 heavy (non-hydrogen) atoms. The molecule has 1 aromatic heterocycles. The quantitative estimate of drug-likeness (QED) is 0.846. The summed E-state index contributed by atoms with van der Waals surface area (Å²) in [5.41, 5.74) is -2.81. The fourth-order valence-electron chi connectivity index (χ4n) is 1.25. The number of aromatic carboxylic acids is 1. The van der Waals surface area contributed by atoms with Crippen molar-refractivity contribution in [3.8, 4) is 0 Å². The predicted molar refractivity (Wildman–Crippen MR) is 44.8 cm³/mol. The van der Waals surface area contributed by atoms with Crippen LogP contribution in [-0.2, 0) is 12.5 Å². The SMILES string of the molecule is CCn1ncc(C(=O)O)c1C(F)(F)C(F)(F)F. The average molecular weight is 258 g/mol. The summed E-state index contributed by atoms with van der Waals surface area (Å²) in [6.45, 7) is 0.975. The van der Waals surface area contributed by atoms with Crippen LogP contribution in [0.25, 0.3) is 0 Å². The number of halogens is 5. The second-order valence-corrected chi connectivity index (χ2v) is 3.10. The first-order valence-corrected chi connectivity index (χ1v) is 4.37. The van der Waals surface area contributed by atoms with Crippen molar-refractivity contribution >= 4 is 5.97 Å². The number of aryl methyl sites for hydroxylation is 1. The van der Waals surface area contributed by atoms with Crippen LogP contribution in [0.1, 0.15) is 23.0 Å². The lowest BCUT2D eigenvalue weighted by Gasteiger charge is -2.21. The van der Waals surface area contributed by atoms with Crippen LogP contribution >= 0.6 is 0 Å². The van der Waals surface area contributed by atoms with Crippen molar-refractivity contribution in [1.82, 2.24) is 9.78 Å². The van der Waals surface area contributed by atoms with Gasteiger partial charge in [0.15, 0.2) is 0 Å². The van der Waals surface area contributed by atoms with Gasteiger partial charge in [0.25, 0.3) is 0 Å². The molecule has 96 valence electrons. The van der Waals surface area contributed by atoms with Gasteiger partial charge < -0.3 is 5.11 Å². The van der Waals surface area contributed by atoms with Crippen LogP contribution in [0, 0.1) is 0 Å². The first kappa shape index (κ1) is 13.4. The monoisotopic (exact) mass is 258 g/mol. The van der Waals surface area contributed by atoms with Crippen LogP contribution in [0.4, 0.5) is 22.0 Å². The standard InChI is InChI=1S/C8H7F5N2O2/c1-2-15-5(4(3-14-15)6(16)17)7(9,10)8(11,12)13/h3H,2H2,1H3,(H,16,17). The molecule has 1 rings (SSSR count). The molecule has 0 unspecified atom stereocenters. The maximum absolute atomic E-state index is 13.1. The molecular weight excluding hydrogens is 251 g/mol. The van der Waals surface area contributed by atoms with Gasteiger partial charge in [0.05, 0.1) is 6.20 Å². The molecule has 0 aromatic carbocycles. The van der Waals surface area contributed by atoms with Crippen molar-refractivity contribution in [2.45, 2.75) is 25.6 Å². The summed E-state index contributed by atoms with van der Waals surface area (Å²) in [6.07, 6.45) is -5.40. The van der Waals surface area contributed by atoms with Gasteiger partial charge in [-0.3, -0.25) is 4.68 Å². The fourth-order valence-corrected chi connectivity index (χ4v) is 1.25. The van der Waals surface area contributed by atoms with Crippen LogP contribution in [0.2, 0.25) is 0 Å². The van der Waals surface area contributed by atoms with Gasteiger partial charge in [0, 0.05) is 6.54 Å². The predicted octanol–water partition coefficient (Wildman–Crippen LogP) is 2.26. The molecular formula is C8H7F5N2O2. The van der Waals surface area contributed by atoms with Gasteiger partial charge in [0.2, 0.25) is 0 Å². The Morgan fingerprint density at radius 2 is 1.94 bits per heavy atom. The highest BCUT2D eigenvalue weighted by Crippen LogP contribution is 2.44. The van der Waals surface area contributed by atoms with Gasteiger partial charge in [-0.05, 0) is 6.92 Å². The number of aromatic nitrogens is 2. The second kappa shape index (κ2) is 3.97. The fraction of sp³-hybridized carbons (Fsp3) is 0.500. The zero-order chi connectivity index (χ0) is 13.4. The molecule has 0 aliphatic heterocycles. The Morgan fingerprint density at radius 1 is 1.41 bits per heavy atom. The van der Waals surface area contributed by atoms with E-state index in [1.54, 1.807) is 0 Å². The number of carboxylic acid groups (broad SMARTS) is 1. The molecule has 0 radical (unpaired) electrons. The van der Waals surface area contributed by atoms with Gasteiger partial charge in [-0.1, -0.05) is 0 Å². The molecule has 0 aliphatic rings. The minimum atomic E-state index is -5.87. The minimum Gasteiger partial charge on any atom is -0.478 e. The normalized spacial score (nSPS) is 12.8. The van der Waals surface area contributed by atoms with Crippen molar-refractivity contribution in [2.75, 3.05) is 0 Å². The molecule has 1 aromatic rings. The van der Waals surface area contributed by atoms with Crippen molar-refractivity contribution in [3.05, 3.63) is 17.5 Å². The maximum Gasteiger partial charge on any atom is 0.459 e. The van der Waals surface area contributed by atoms with E-state index in [-0.39, 0.29) is 6.54 Å². The van der Waals surface area contributed by atoms with Crippen LogP contribution in [0.3, 0.4) is 0 Å². The highest BCUT2D eigenvalue weighted by atomic mass is 19.4. The lowest BCUT2D eigenvalue weighted by Crippen LogP contribution is -2.37. The highest BCUT2D eigenvalue weighted by molar-refractivity contribution is 5.89. The van der Waals surface area contributed by atoms with E-state index in [9.17, 15) is 26.7 Å². The first-order chi connectivity index (χ1) is 7.63. The van der Waals surface area contributed by atoms with Gasteiger partial charge in [-0.25, -0.2) is 4.79 Å². The Bertz CT molecular complexity index is 438. The molecule has 1 heterocycles. The van der Waals surface area contributed by atoms with E-state index in [1.165, 1.54) is 6.92 Å². The maximum atomic E-state index is 13.1. The first-order valence-electron chi connectivity index (χ1n) is 4.37. The summed E-state index contributed by atoms with van der Waals surface area (Å²) in [5.74, 6) is -7.14. The van der Waals surface area contributed by atoms with Crippen molar-refractivity contribution in [2.24, 2.45) is 0 Å². The number of carboxylic acids is 1. The molecule has 0 saturated carbocycles. The summed E-state index contributed by atoms with van der Waals surface area (Å²) >= 11 is 0. The molecule has 0 atom stereocenters. The minimum absolute atomic E-state index is 0.297. The zero-order valence-electron chi connectivity index (χ0n) is 8.42. The van der Waals surface area contributed by atoms with Crippen molar-refractivity contribution in [1.29, 1.82) is 0 Å². The summed E-state index contributed by atoms with van der Waals surface area (Å²) in [6, 6.07) is 0. The Kier molecular flexibility index (Phi) is 3.13. The summed E-state index contributed by atoms with van der Waals surface area (Å²) < 4.78 is 63.1. The Balaban J connectivity index is 3.47. The lowest BCUT2D eigenvalue weighted by atomic mass is 10.1. The third-order valence-electron chi connectivity index (χ3n) is 2.02. The van der Waals surface area contributed by atoms with Crippen LogP contribution in [0.5, 0.6) is 0 Å². The molecule has 0 spiro atoms. The molecule has 1 N–H and O–H groups in total. The number of alkyl halides is 5. The lowest BCUT2D eigenvalue weighted by molar-refractivity contribution is -0.292. The molecule has 0 saturated heterocycles. The van der Waals surface area contributed by atoms with Crippen LogP contribution in [-0.4, -0.2) is 27.0 Å². The van der Waals surface area contributed by atoms with E-state index >= 15 is 0 Å². The van der Waals surface area contributed by atoms with E-state index in [0.717, 1.165) is 0 Å². The Hall–Kier alpha value is -1.67. The van der Waals surface area contributed by atoms with E-state index in [4.69, 9.17) is 5.11 Å². The number of hydrogen-bond donors (Lipinski definition) is 1. The van der Waals surface area contributed by atoms with Gasteiger partial charge in [-0.15, -0.1) is 0 Å². The molecule has 4 nitrogen and oxygen atoms in total. The molecule has 0 aliphatic carbocycles. The molecule has 0 fully saturated rings. The summed E-state index contributed by atoms with van der Waals surface area (Å²) in [4.78, 5) is 10.6. The number of hydrogen-bond acceptors (Lipinski definition) is 2. The second-order valence-electron chi connectivity index (χ2n) is 3.10. The zero-order valence-corrected chi connectivity index (χ0v) is 8.42. The summed E-state index contributed by atoms with van der Waals surface area (Å²) in [5, 5.41) is 11.7. The number of nitrogens with zero attached hydrogens (tertiary/aromatic N) is 2. The van der Waals surface area contributed by atoms with Crippen molar-refractivity contribution in [3.63, 3.8) is 0 Å². The third-order valence-corrected chi connectivity index (χ3v) is 2.02. The average Bonchev–Trinajstić information content (AvgIpc) is 2.59.